The molecule has 1 atom stereocenters. The van der Waals surface area contributed by atoms with Crippen LogP contribution in [0.2, 0.25) is 0 Å². The maximum Gasteiger partial charge on any atom is 0.253 e. The van der Waals surface area contributed by atoms with Gasteiger partial charge in [0.15, 0.2) is 5.65 Å². The summed E-state index contributed by atoms with van der Waals surface area (Å²) in [6, 6.07) is 11.9. The quantitative estimate of drug-likeness (QED) is 0.330. The van der Waals surface area contributed by atoms with Gasteiger partial charge in [0.2, 0.25) is 0 Å². The molecule has 4 aromatic rings. The Labute approximate surface area is 221 Å². The van der Waals surface area contributed by atoms with Crippen LogP contribution < -0.4 is 4.90 Å². The zero-order valence-electron chi connectivity index (χ0n) is 22.0. The van der Waals surface area contributed by atoms with Crippen molar-refractivity contribution >= 4 is 22.8 Å². The molecule has 1 saturated heterocycles. The van der Waals surface area contributed by atoms with E-state index in [0.717, 1.165) is 54.2 Å². The van der Waals surface area contributed by atoms with E-state index in [2.05, 4.69) is 18.7 Å². The Bertz CT molecular complexity index is 1430. The predicted molar refractivity (Wildman–Crippen MR) is 144 cm³/mol. The van der Waals surface area contributed by atoms with Crippen molar-refractivity contribution in [2.45, 2.75) is 46.0 Å². The molecule has 0 spiro atoms. The van der Waals surface area contributed by atoms with Crippen molar-refractivity contribution in [2.24, 2.45) is 0 Å². The molecule has 0 aliphatic carbocycles. The fourth-order valence-corrected chi connectivity index (χ4v) is 5.06. The molecule has 2 aromatic heterocycles. The second-order valence-electron chi connectivity index (χ2n) is 9.91. The van der Waals surface area contributed by atoms with Crippen LogP contribution in [0.5, 0.6) is 0 Å². The summed E-state index contributed by atoms with van der Waals surface area (Å²) < 4.78 is 28.7. The minimum absolute atomic E-state index is 0.0998. The second kappa shape index (κ2) is 10.8. The van der Waals surface area contributed by atoms with Crippen LogP contribution in [0, 0.1) is 18.6 Å². The van der Waals surface area contributed by atoms with Gasteiger partial charge in [-0.25, -0.2) is 23.4 Å². The minimum Gasteiger partial charge on any atom is -0.354 e. The first-order valence-electron chi connectivity index (χ1n) is 13.2. The molecule has 0 bridgehead atoms. The molecular weight excluding hydrogens is 486 g/mol. The van der Waals surface area contributed by atoms with Gasteiger partial charge in [-0.2, -0.15) is 5.10 Å². The third kappa shape index (κ3) is 5.10. The molecule has 3 heterocycles. The fourth-order valence-electron chi connectivity index (χ4n) is 5.06. The van der Waals surface area contributed by atoms with Crippen LogP contribution in [-0.4, -0.2) is 56.7 Å². The summed E-state index contributed by atoms with van der Waals surface area (Å²) in [4.78, 5) is 27.1. The van der Waals surface area contributed by atoms with E-state index in [-0.39, 0.29) is 23.5 Å². The molecule has 2 aromatic carbocycles. The van der Waals surface area contributed by atoms with Crippen molar-refractivity contribution in [3.05, 3.63) is 77.2 Å². The summed E-state index contributed by atoms with van der Waals surface area (Å²) in [6.45, 7) is 8.66. The number of amides is 1. The maximum absolute atomic E-state index is 13.6. The average Bonchev–Trinajstić information content (AvgIpc) is 3.08. The van der Waals surface area contributed by atoms with E-state index in [1.54, 1.807) is 16.8 Å². The first-order valence-corrected chi connectivity index (χ1v) is 13.2. The standard InChI is InChI=1S/C29H32F2N6O/c1-4-6-19(2)26-32-27(25-20(3)34-37(28(25)33-26)24-13-11-23(31)12-14-24)35-15-5-16-36(18-17-35)29(38)21-7-9-22(30)10-8-21/h7-14,19H,4-6,15-18H2,1-3H3/t19-/m0/s1. The second-order valence-corrected chi connectivity index (χ2v) is 9.91. The molecule has 5 rings (SSSR count). The third-order valence-electron chi connectivity index (χ3n) is 7.11. The van der Waals surface area contributed by atoms with E-state index in [4.69, 9.17) is 15.1 Å². The van der Waals surface area contributed by atoms with Crippen molar-refractivity contribution in [3.8, 4) is 5.69 Å². The number of benzene rings is 2. The van der Waals surface area contributed by atoms with E-state index in [0.29, 0.717) is 30.8 Å². The lowest BCUT2D eigenvalue weighted by Gasteiger charge is -2.24. The highest BCUT2D eigenvalue weighted by atomic mass is 19.1. The molecule has 1 aliphatic rings. The number of nitrogens with zero attached hydrogens (tertiary/aromatic N) is 6. The zero-order valence-corrected chi connectivity index (χ0v) is 22.0. The Morgan fingerprint density at radius 1 is 0.947 bits per heavy atom. The number of rotatable bonds is 6. The number of hydrogen-bond donors (Lipinski definition) is 0. The van der Waals surface area contributed by atoms with Gasteiger partial charge >= 0.3 is 0 Å². The highest BCUT2D eigenvalue weighted by molar-refractivity contribution is 5.94. The van der Waals surface area contributed by atoms with Crippen LogP contribution in [0.4, 0.5) is 14.6 Å². The normalized spacial score (nSPS) is 15.1. The van der Waals surface area contributed by atoms with Gasteiger partial charge in [-0.3, -0.25) is 4.79 Å². The largest absolute Gasteiger partial charge is 0.354 e. The summed E-state index contributed by atoms with van der Waals surface area (Å²) in [6.07, 6.45) is 2.73. The molecule has 0 unspecified atom stereocenters. The number of hydrogen-bond acceptors (Lipinski definition) is 5. The number of aromatic nitrogens is 4. The summed E-state index contributed by atoms with van der Waals surface area (Å²) in [5.41, 5.74) is 2.70. The molecule has 0 N–H and O–H groups in total. The molecule has 7 nitrogen and oxygen atoms in total. The number of anilines is 1. The Hall–Kier alpha value is -3.88. The predicted octanol–water partition coefficient (Wildman–Crippen LogP) is 5.66. The van der Waals surface area contributed by atoms with Crippen molar-refractivity contribution in [2.75, 3.05) is 31.1 Å². The molecular formula is C29H32F2N6O. The average molecular weight is 519 g/mol. The molecule has 198 valence electrons. The van der Waals surface area contributed by atoms with Gasteiger partial charge < -0.3 is 9.80 Å². The monoisotopic (exact) mass is 518 g/mol. The minimum atomic E-state index is -0.360. The van der Waals surface area contributed by atoms with Crippen molar-refractivity contribution in [1.82, 2.24) is 24.6 Å². The van der Waals surface area contributed by atoms with E-state index in [1.807, 2.05) is 11.8 Å². The van der Waals surface area contributed by atoms with Gasteiger partial charge in [0.1, 0.15) is 23.3 Å². The molecule has 1 fully saturated rings. The van der Waals surface area contributed by atoms with Crippen LogP contribution in [0.25, 0.3) is 16.7 Å². The number of fused-ring (bicyclic) bond motifs is 1. The van der Waals surface area contributed by atoms with Crippen molar-refractivity contribution in [1.29, 1.82) is 0 Å². The Balaban J connectivity index is 1.52. The van der Waals surface area contributed by atoms with Gasteiger partial charge in [0.25, 0.3) is 5.91 Å². The third-order valence-corrected chi connectivity index (χ3v) is 7.11. The molecule has 9 heteroatoms. The maximum atomic E-state index is 13.6. The van der Waals surface area contributed by atoms with Crippen molar-refractivity contribution in [3.63, 3.8) is 0 Å². The first-order chi connectivity index (χ1) is 18.4. The van der Waals surface area contributed by atoms with Crippen LogP contribution in [-0.2, 0) is 0 Å². The molecule has 0 radical (unpaired) electrons. The summed E-state index contributed by atoms with van der Waals surface area (Å²) in [7, 11) is 0. The fraction of sp³-hybridized carbons (Fsp3) is 0.379. The highest BCUT2D eigenvalue weighted by Gasteiger charge is 2.26. The molecule has 38 heavy (non-hydrogen) atoms. The Morgan fingerprint density at radius 3 is 2.32 bits per heavy atom. The van der Waals surface area contributed by atoms with Crippen LogP contribution in [0.15, 0.2) is 48.5 Å². The lowest BCUT2D eigenvalue weighted by Crippen LogP contribution is -2.35. The molecule has 1 amide bonds. The van der Waals surface area contributed by atoms with E-state index >= 15 is 0 Å². The number of aryl methyl sites for hydroxylation is 1. The number of carbonyl (C=O) groups is 1. The number of halogens is 2. The van der Waals surface area contributed by atoms with Gasteiger partial charge in [-0.1, -0.05) is 20.3 Å². The Morgan fingerprint density at radius 2 is 1.63 bits per heavy atom. The van der Waals surface area contributed by atoms with Crippen molar-refractivity contribution < 1.29 is 13.6 Å². The lowest BCUT2D eigenvalue weighted by atomic mass is 10.1. The summed E-state index contributed by atoms with van der Waals surface area (Å²) in [5, 5.41) is 5.64. The Kier molecular flexibility index (Phi) is 7.35. The SMILES string of the molecule is CCC[C@H](C)c1nc(N2CCCN(C(=O)c3ccc(F)cc3)CC2)c2c(C)nn(-c3ccc(F)cc3)c2n1. The molecule has 0 saturated carbocycles. The van der Waals surface area contributed by atoms with Crippen LogP contribution in [0.1, 0.15) is 60.9 Å². The smallest absolute Gasteiger partial charge is 0.253 e. The topological polar surface area (TPSA) is 67.2 Å². The van der Waals surface area contributed by atoms with E-state index in [9.17, 15) is 13.6 Å². The van der Waals surface area contributed by atoms with Crippen LogP contribution in [0.3, 0.4) is 0 Å². The highest BCUT2D eigenvalue weighted by Crippen LogP contribution is 2.32. The van der Waals surface area contributed by atoms with E-state index in [1.165, 1.54) is 36.4 Å². The van der Waals surface area contributed by atoms with Gasteiger partial charge in [-0.15, -0.1) is 0 Å². The lowest BCUT2D eigenvalue weighted by molar-refractivity contribution is 0.0767. The summed E-state index contributed by atoms with van der Waals surface area (Å²) >= 11 is 0. The number of carbonyl (C=O) groups excluding carboxylic acids is 1. The van der Waals surface area contributed by atoms with E-state index < -0.39 is 0 Å². The van der Waals surface area contributed by atoms with Crippen LogP contribution >= 0.6 is 0 Å². The van der Waals surface area contributed by atoms with Gasteiger partial charge in [0.05, 0.1) is 16.8 Å². The van der Waals surface area contributed by atoms with Gasteiger partial charge in [0, 0.05) is 37.7 Å². The summed E-state index contributed by atoms with van der Waals surface area (Å²) in [5.74, 6) is 0.955. The zero-order chi connectivity index (χ0) is 26.8. The first kappa shape index (κ1) is 25.8. The van der Waals surface area contributed by atoms with Gasteiger partial charge in [-0.05, 0) is 68.3 Å². The molecule has 1 aliphatic heterocycles.